The average molecular weight is 227 g/mol. The van der Waals surface area contributed by atoms with E-state index in [4.69, 9.17) is 5.11 Å². The van der Waals surface area contributed by atoms with Crippen LogP contribution in [0.5, 0.6) is 0 Å². The number of hydrogen-bond acceptors (Lipinski definition) is 4. The molecule has 1 aromatic rings. The SMILES string of the molecule is O=C(O)C1CN(C(=O)Nc2nccs2)C1. The van der Waals surface area contributed by atoms with E-state index in [1.807, 2.05) is 0 Å². The Bertz CT molecular complexity index is 372. The van der Waals surface area contributed by atoms with E-state index in [1.165, 1.54) is 16.2 Å². The Labute approximate surface area is 89.5 Å². The number of hydrogen-bond donors (Lipinski definition) is 2. The topological polar surface area (TPSA) is 82.5 Å². The minimum atomic E-state index is -0.853. The van der Waals surface area contributed by atoms with E-state index in [0.29, 0.717) is 5.13 Å². The van der Waals surface area contributed by atoms with Crippen molar-refractivity contribution in [1.29, 1.82) is 0 Å². The number of nitrogens with zero attached hydrogens (tertiary/aromatic N) is 2. The van der Waals surface area contributed by atoms with E-state index >= 15 is 0 Å². The van der Waals surface area contributed by atoms with Gasteiger partial charge < -0.3 is 10.0 Å². The molecule has 1 saturated heterocycles. The summed E-state index contributed by atoms with van der Waals surface area (Å²) >= 11 is 1.32. The number of anilines is 1. The third-order valence-corrected chi connectivity index (χ3v) is 2.85. The zero-order chi connectivity index (χ0) is 10.8. The largest absolute Gasteiger partial charge is 0.481 e. The molecular formula is C8H9N3O3S. The normalized spacial score (nSPS) is 15.9. The standard InChI is InChI=1S/C8H9N3O3S/c12-6(13)5-3-11(4-5)8(14)10-7-9-1-2-15-7/h1-2,5H,3-4H2,(H,12,13)(H,9,10,14). The molecule has 2 amide bonds. The molecule has 0 aliphatic carbocycles. The molecule has 80 valence electrons. The summed E-state index contributed by atoms with van der Waals surface area (Å²) in [6, 6.07) is -0.289. The molecule has 6 nitrogen and oxygen atoms in total. The number of amides is 2. The number of nitrogens with one attached hydrogen (secondary N) is 1. The molecule has 1 fully saturated rings. The van der Waals surface area contributed by atoms with Crippen LogP contribution in [0.25, 0.3) is 0 Å². The summed E-state index contributed by atoms with van der Waals surface area (Å²) in [5.41, 5.74) is 0. The summed E-state index contributed by atoms with van der Waals surface area (Å²) in [6.07, 6.45) is 1.59. The molecule has 0 unspecified atom stereocenters. The zero-order valence-corrected chi connectivity index (χ0v) is 8.53. The maximum Gasteiger partial charge on any atom is 0.323 e. The molecule has 15 heavy (non-hydrogen) atoms. The molecule has 0 spiro atoms. The summed E-state index contributed by atoms with van der Waals surface area (Å²) in [5, 5.41) is 13.5. The number of urea groups is 1. The second-order valence-electron chi connectivity index (χ2n) is 3.21. The summed E-state index contributed by atoms with van der Waals surface area (Å²) in [5.74, 6) is -1.28. The first-order chi connectivity index (χ1) is 7.16. The predicted molar refractivity (Wildman–Crippen MR) is 53.8 cm³/mol. The van der Waals surface area contributed by atoms with Crippen LogP contribution in [0.3, 0.4) is 0 Å². The first-order valence-corrected chi connectivity index (χ1v) is 5.23. The molecule has 0 atom stereocenters. The molecule has 0 aromatic carbocycles. The third-order valence-electron chi connectivity index (χ3n) is 2.16. The highest BCUT2D eigenvalue weighted by Crippen LogP contribution is 2.18. The van der Waals surface area contributed by atoms with Crippen LogP contribution in [0, 0.1) is 5.92 Å². The Morgan fingerprint density at radius 3 is 2.87 bits per heavy atom. The smallest absolute Gasteiger partial charge is 0.323 e. The summed E-state index contributed by atoms with van der Waals surface area (Å²) < 4.78 is 0. The first kappa shape index (κ1) is 9.91. The van der Waals surface area contributed by atoms with Crippen molar-refractivity contribution in [2.24, 2.45) is 5.92 Å². The lowest BCUT2D eigenvalue weighted by Crippen LogP contribution is -2.54. The van der Waals surface area contributed by atoms with E-state index in [9.17, 15) is 9.59 Å². The van der Waals surface area contributed by atoms with Crippen LogP contribution in [0.4, 0.5) is 9.93 Å². The van der Waals surface area contributed by atoms with E-state index in [1.54, 1.807) is 11.6 Å². The van der Waals surface area contributed by atoms with Crippen molar-refractivity contribution in [2.75, 3.05) is 18.4 Å². The molecule has 0 saturated carbocycles. The predicted octanol–water partition coefficient (Wildman–Crippen LogP) is 0.691. The first-order valence-electron chi connectivity index (χ1n) is 4.35. The van der Waals surface area contributed by atoms with E-state index in [2.05, 4.69) is 10.3 Å². The lowest BCUT2D eigenvalue weighted by molar-refractivity contribution is -0.145. The number of carbonyl (C=O) groups is 2. The lowest BCUT2D eigenvalue weighted by Gasteiger charge is -2.36. The van der Waals surface area contributed by atoms with Crippen LogP contribution in [0.2, 0.25) is 0 Å². The van der Waals surface area contributed by atoms with E-state index in [-0.39, 0.29) is 19.1 Å². The van der Waals surface area contributed by atoms with Gasteiger partial charge in [-0.05, 0) is 0 Å². The van der Waals surface area contributed by atoms with Crippen LogP contribution in [-0.4, -0.2) is 40.1 Å². The average Bonchev–Trinajstić information content (AvgIpc) is 2.52. The molecule has 0 radical (unpaired) electrons. The van der Waals surface area contributed by atoms with Crippen molar-refractivity contribution in [3.63, 3.8) is 0 Å². The zero-order valence-electron chi connectivity index (χ0n) is 7.71. The lowest BCUT2D eigenvalue weighted by atomic mass is 10.0. The highest BCUT2D eigenvalue weighted by Gasteiger charge is 2.35. The maximum absolute atomic E-state index is 11.4. The van der Waals surface area contributed by atoms with Gasteiger partial charge in [-0.2, -0.15) is 0 Å². The Morgan fingerprint density at radius 2 is 2.33 bits per heavy atom. The maximum atomic E-state index is 11.4. The Balaban J connectivity index is 1.82. The van der Waals surface area contributed by atoms with Gasteiger partial charge in [0.05, 0.1) is 5.92 Å². The van der Waals surface area contributed by atoms with Gasteiger partial charge >= 0.3 is 12.0 Å². The van der Waals surface area contributed by atoms with Gasteiger partial charge in [0.15, 0.2) is 5.13 Å². The number of aromatic nitrogens is 1. The Kier molecular flexibility index (Phi) is 2.55. The number of carboxylic acids is 1. The number of carboxylic acid groups (broad SMARTS) is 1. The fourth-order valence-electron chi connectivity index (χ4n) is 1.26. The van der Waals surface area contributed by atoms with Gasteiger partial charge in [-0.3, -0.25) is 10.1 Å². The van der Waals surface area contributed by atoms with Crippen molar-refractivity contribution in [3.8, 4) is 0 Å². The fraction of sp³-hybridized carbons (Fsp3) is 0.375. The summed E-state index contributed by atoms with van der Waals surface area (Å²) in [4.78, 5) is 27.3. The van der Waals surface area contributed by atoms with Crippen molar-refractivity contribution >= 4 is 28.5 Å². The minimum Gasteiger partial charge on any atom is -0.481 e. The summed E-state index contributed by atoms with van der Waals surface area (Å²) in [7, 11) is 0. The van der Waals surface area contributed by atoms with E-state index in [0.717, 1.165) is 0 Å². The number of likely N-dealkylation sites (tertiary alicyclic amines) is 1. The highest BCUT2D eigenvalue weighted by atomic mass is 32.1. The van der Waals surface area contributed by atoms with Gasteiger partial charge in [-0.25, -0.2) is 9.78 Å². The molecule has 2 heterocycles. The molecular weight excluding hydrogens is 218 g/mol. The van der Waals surface area contributed by atoms with Gasteiger partial charge in [-0.15, -0.1) is 11.3 Å². The van der Waals surface area contributed by atoms with Crippen LogP contribution in [-0.2, 0) is 4.79 Å². The van der Waals surface area contributed by atoms with Crippen molar-refractivity contribution < 1.29 is 14.7 Å². The molecule has 7 heteroatoms. The molecule has 0 bridgehead atoms. The van der Waals surface area contributed by atoms with Crippen LogP contribution in [0.15, 0.2) is 11.6 Å². The van der Waals surface area contributed by atoms with Crippen molar-refractivity contribution in [2.45, 2.75) is 0 Å². The minimum absolute atomic E-state index is 0.270. The van der Waals surface area contributed by atoms with Gasteiger partial charge in [0.2, 0.25) is 0 Å². The van der Waals surface area contributed by atoms with Crippen LogP contribution in [0.1, 0.15) is 0 Å². The Morgan fingerprint density at radius 1 is 1.60 bits per heavy atom. The third kappa shape index (κ3) is 2.07. The Hall–Kier alpha value is -1.63. The number of rotatable bonds is 2. The highest BCUT2D eigenvalue weighted by molar-refractivity contribution is 7.13. The van der Waals surface area contributed by atoms with E-state index < -0.39 is 11.9 Å². The molecule has 2 rings (SSSR count). The number of thiazole rings is 1. The second kappa shape index (κ2) is 3.85. The van der Waals surface area contributed by atoms with Gasteiger partial charge in [0.25, 0.3) is 0 Å². The molecule has 2 N–H and O–H groups in total. The fourth-order valence-corrected chi connectivity index (χ4v) is 1.77. The number of carbonyl (C=O) groups excluding carboxylic acids is 1. The molecule has 1 aliphatic rings. The monoisotopic (exact) mass is 227 g/mol. The summed E-state index contributed by atoms with van der Waals surface area (Å²) in [6.45, 7) is 0.541. The number of aliphatic carboxylic acids is 1. The molecule has 1 aromatic heterocycles. The second-order valence-corrected chi connectivity index (χ2v) is 4.10. The van der Waals surface area contributed by atoms with Gasteiger partial charge in [-0.1, -0.05) is 0 Å². The molecule has 1 aliphatic heterocycles. The van der Waals surface area contributed by atoms with Crippen molar-refractivity contribution in [3.05, 3.63) is 11.6 Å². The van der Waals surface area contributed by atoms with Gasteiger partial charge in [0, 0.05) is 24.7 Å². The van der Waals surface area contributed by atoms with Crippen LogP contribution < -0.4 is 5.32 Å². The van der Waals surface area contributed by atoms with Gasteiger partial charge in [0.1, 0.15) is 0 Å². The quantitative estimate of drug-likeness (QED) is 0.778. The van der Waals surface area contributed by atoms with Crippen molar-refractivity contribution in [1.82, 2.24) is 9.88 Å². The van der Waals surface area contributed by atoms with Crippen LogP contribution >= 0.6 is 11.3 Å².